The molecule has 0 spiro atoms. The molecule has 3 heteroatoms. The first-order valence-corrected chi connectivity index (χ1v) is 7.15. The van der Waals surface area contributed by atoms with Gasteiger partial charge in [0, 0.05) is 17.6 Å². The molecule has 1 aromatic rings. The van der Waals surface area contributed by atoms with Crippen molar-refractivity contribution in [2.45, 2.75) is 38.8 Å². The van der Waals surface area contributed by atoms with Crippen molar-refractivity contribution < 1.29 is 0 Å². The second-order valence-electron chi connectivity index (χ2n) is 5.49. The van der Waals surface area contributed by atoms with Crippen LogP contribution in [0, 0.1) is 12.8 Å². The maximum Gasteiger partial charge on any atom is 0.0438 e. The van der Waals surface area contributed by atoms with Gasteiger partial charge in [-0.1, -0.05) is 30.2 Å². The Labute approximate surface area is 115 Å². The Hall–Kier alpha value is -0.570. The van der Waals surface area contributed by atoms with Crippen molar-refractivity contribution in [2.75, 3.05) is 13.6 Å². The summed E-state index contributed by atoms with van der Waals surface area (Å²) in [6.45, 7) is 3.81. The van der Waals surface area contributed by atoms with E-state index in [1.165, 1.54) is 24.8 Å². The fourth-order valence-electron chi connectivity index (χ4n) is 3.01. The van der Waals surface area contributed by atoms with Crippen LogP contribution in [-0.4, -0.2) is 24.5 Å². The monoisotopic (exact) mass is 266 g/mol. The summed E-state index contributed by atoms with van der Waals surface area (Å²) in [5, 5.41) is 0.864. The zero-order valence-corrected chi connectivity index (χ0v) is 12.1. The molecular formula is C15H23ClN2. The topological polar surface area (TPSA) is 29.3 Å². The normalized spacial score (nSPS) is 23.8. The molecule has 1 saturated carbocycles. The largest absolute Gasteiger partial charge is 0.330 e. The number of nitrogens with zero attached hydrogens (tertiary/aromatic N) is 1. The lowest BCUT2D eigenvalue weighted by Gasteiger charge is -2.29. The third kappa shape index (κ3) is 3.05. The molecule has 2 atom stereocenters. The molecule has 2 rings (SSSR count). The summed E-state index contributed by atoms with van der Waals surface area (Å²) in [6.07, 6.45) is 3.86. The zero-order valence-electron chi connectivity index (χ0n) is 11.3. The van der Waals surface area contributed by atoms with E-state index in [0.29, 0.717) is 12.0 Å². The van der Waals surface area contributed by atoms with Crippen molar-refractivity contribution in [1.29, 1.82) is 0 Å². The average molecular weight is 267 g/mol. The van der Waals surface area contributed by atoms with Crippen LogP contribution >= 0.6 is 11.6 Å². The molecule has 0 radical (unpaired) electrons. The van der Waals surface area contributed by atoms with Gasteiger partial charge in [0.15, 0.2) is 0 Å². The number of benzene rings is 1. The van der Waals surface area contributed by atoms with Gasteiger partial charge in [-0.05, 0) is 56.5 Å². The first kappa shape index (κ1) is 13.9. The highest BCUT2D eigenvalue weighted by Gasteiger charge is 2.29. The minimum Gasteiger partial charge on any atom is -0.330 e. The summed E-state index contributed by atoms with van der Waals surface area (Å²) in [5.41, 5.74) is 8.28. The second-order valence-corrected chi connectivity index (χ2v) is 5.90. The summed E-state index contributed by atoms with van der Waals surface area (Å²) >= 11 is 6.17. The maximum absolute atomic E-state index is 6.17. The zero-order chi connectivity index (χ0) is 13.1. The van der Waals surface area contributed by atoms with Crippen LogP contribution < -0.4 is 5.73 Å². The van der Waals surface area contributed by atoms with Gasteiger partial charge in [0.05, 0.1) is 0 Å². The maximum atomic E-state index is 6.17. The van der Waals surface area contributed by atoms with E-state index in [9.17, 15) is 0 Å². The SMILES string of the molecule is Cc1ccc(CN(C)C2CCCC2CN)cc1Cl. The van der Waals surface area contributed by atoms with Crippen LogP contribution in [0.4, 0.5) is 0 Å². The highest BCUT2D eigenvalue weighted by atomic mass is 35.5. The van der Waals surface area contributed by atoms with Crippen LogP contribution in [0.2, 0.25) is 5.02 Å². The lowest BCUT2D eigenvalue weighted by atomic mass is 10.0. The van der Waals surface area contributed by atoms with Crippen LogP contribution in [0.15, 0.2) is 18.2 Å². The Morgan fingerprint density at radius 1 is 1.39 bits per heavy atom. The number of aryl methyl sites for hydroxylation is 1. The van der Waals surface area contributed by atoms with Crippen LogP contribution in [-0.2, 0) is 6.54 Å². The highest BCUT2D eigenvalue weighted by molar-refractivity contribution is 6.31. The Morgan fingerprint density at radius 3 is 2.83 bits per heavy atom. The standard InChI is InChI=1S/C15H23ClN2/c1-11-6-7-12(8-14(11)16)10-18(2)15-5-3-4-13(15)9-17/h6-8,13,15H,3-5,9-10,17H2,1-2H3. The van der Waals surface area contributed by atoms with E-state index in [0.717, 1.165) is 23.7 Å². The molecule has 2 unspecified atom stereocenters. The Morgan fingerprint density at radius 2 is 2.17 bits per heavy atom. The van der Waals surface area contributed by atoms with Crippen molar-refractivity contribution in [2.24, 2.45) is 11.7 Å². The Kier molecular flexibility index (Phi) is 4.66. The van der Waals surface area contributed by atoms with Gasteiger partial charge in [-0.15, -0.1) is 0 Å². The molecule has 0 heterocycles. The first-order chi connectivity index (χ1) is 8.61. The van der Waals surface area contributed by atoms with E-state index in [4.69, 9.17) is 17.3 Å². The lowest BCUT2D eigenvalue weighted by Crippen LogP contribution is -2.37. The van der Waals surface area contributed by atoms with Crippen LogP contribution in [0.25, 0.3) is 0 Å². The van der Waals surface area contributed by atoms with Crippen molar-refractivity contribution in [1.82, 2.24) is 4.90 Å². The van der Waals surface area contributed by atoms with E-state index in [1.807, 2.05) is 6.92 Å². The van der Waals surface area contributed by atoms with E-state index < -0.39 is 0 Å². The van der Waals surface area contributed by atoms with E-state index in [2.05, 4.69) is 30.1 Å². The lowest BCUT2D eigenvalue weighted by molar-refractivity contribution is 0.193. The molecule has 1 fully saturated rings. The van der Waals surface area contributed by atoms with Crippen molar-refractivity contribution >= 4 is 11.6 Å². The first-order valence-electron chi connectivity index (χ1n) is 6.77. The minimum atomic E-state index is 0.634. The van der Waals surface area contributed by atoms with E-state index in [1.54, 1.807) is 0 Å². The van der Waals surface area contributed by atoms with Gasteiger partial charge in [-0.25, -0.2) is 0 Å². The number of rotatable bonds is 4. The molecule has 1 aliphatic rings. The van der Waals surface area contributed by atoms with Gasteiger partial charge in [-0.3, -0.25) is 4.90 Å². The van der Waals surface area contributed by atoms with Gasteiger partial charge >= 0.3 is 0 Å². The quantitative estimate of drug-likeness (QED) is 0.907. The molecule has 1 aromatic carbocycles. The van der Waals surface area contributed by atoms with Gasteiger partial charge in [0.25, 0.3) is 0 Å². The third-order valence-corrected chi connectivity index (χ3v) is 4.56. The van der Waals surface area contributed by atoms with E-state index >= 15 is 0 Å². The van der Waals surface area contributed by atoms with Gasteiger partial charge in [0.1, 0.15) is 0 Å². The van der Waals surface area contributed by atoms with Gasteiger partial charge in [-0.2, -0.15) is 0 Å². The molecule has 0 aliphatic heterocycles. The predicted molar refractivity (Wildman–Crippen MR) is 77.8 cm³/mol. The molecule has 100 valence electrons. The average Bonchev–Trinajstić information content (AvgIpc) is 2.82. The molecule has 18 heavy (non-hydrogen) atoms. The Balaban J connectivity index is 2.02. The Bertz CT molecular complexity index is 405. The molecule has 2 N–H and O–H groups in total. The fourth-order valence-corrected chi connectivity index (χ4v) is 3.22. The highest BCUT2D eigenvalue weighted by Crippen LogP contribution is 2.29. The van der Waals surface area contributed by atoms with Crippen molar-refractivity contribution in [3.8, 4) is 0 Å². The summed E-state index contributed by atoms with van der Waals surface area (Å²) in [5.74, 6) is 0.663. The summed E-state index contributed by atoms with van der Waals surface area (Å²) < 4.78 is 0. The minimum absolute atomic E-state index is 0.634. The van der Waals surface area contributed by atoms with Gasteiger partial charge < -0.3 is 5.73 Å². The van der Waals surface area contributed by atoms with Crippen molar-refractivity contribution in [3.63, 3.8) is 0 Å². The number of halogens is 1. The molecule has 0 amide bonds. The summed E-state index contributed by atoms with van der Waals surface area (Å²) in [6, 6.07) is 6.99. The summed E-state index contributed by atoms with van der Waals surface area (Å²) in [7, 11) is 2.20. The molecule has 2 nitrogen and oxygen atoms in total. The summed E-state index contributed by atoms with van der Waals surface area (Å²) in [4.78, 5) is 2.44. The smallest absolute Gasteiger partial charge is 0.0438 e. The molecule has 0 bridgehead atoms. The third-order valence-electron chi connectivity index (χ3n) is 4.16. The second kappa shape index (κ2) is 6.05. The number of hydrogen-bond donors (Lipinski definition) is 1. The van der Waals surface area contributed by atoms with E-state index in [-0.39, 0.29) is 0 Å². The fraction of sp³-hybridized carbons (Fsp3) is 0.600. The van der Waals surface area contributed by atoms with Gasteiger partial charge in [0.2, 0.25) is 0 Å². The predicted octanol–water partition coefficient (Wildman–Crippen LogP) is 3.21. The molecular weight excluding hydrogens is 244 g/mol. The molecule has 0 saturated heterocycles. The molecule has 1 aliphatic carbocycles. The molecule has 0 aromatic heterocycles. The number of nitrogens with two attached hydrogens (primary N) is 1. The number of hydrogen-bond acceptors (Lipinski definition) is 2. The van der Waals surface area contributed by atoms with Crippen LogP contribution in [0.3, 0.4) is 0 Å². The van der Waals surface area contributed by atoms with Crippen LogP contribution in [0.1, 0.15) is 30.4 Å². The van der Waals surface area contributed by atoms with Crippen LogP contribution in [0.5, 0.6) is 0 Å². The van der Waals surface area contributed by atoms with Crippen molar-refractivity contribution in [3.05, 3.63) is 34.3 Å².